The van der Waals surface area contributed by atoms with Gasteiger partial charge in [0.1, 0.15) is 22.8 Å². The van der Waals surface area contributed by atoms with E-state index in [1.165, 1.54) is 24.3 Å². The number of phenolic OH excluding ortho intramolecular Hbond substituents is 1. The predicted octanol–water partition coefficient (Wildman–Crippen LogP) is 2.64. The molecule has 3 aliphatic rings. The Bertz CT molecular complexity index is 1500. The lowest BCUT2D eigenvalue weighted by molar-refractivity contribution is -0.145. The van der Waals surface area contributed by atoms with Gasteiger partial charge in [-0.05, 0) is 42.8 Å². The number of benzene rings is 2. The quantitative estimate of drug-likeness (QED) is 0.162. The molecule has 0 radical (unpaired) electrons. The summed E-state index contributed by atoms with van der Waals surface area (Å²) in [6, 6.07) is 8.67. The molecule has 2 aromatic rings. The molecule has 38 heavy (non-hydrogen) atoms. The number of hydrogen-bond donors (Lipinski definition) is 7. The van der Waals surface area contributed by atoms with Gasteiger partial charge in [0.05, 0.1) is 16.2 Å². The molecule has 0 bridgehead atoms. The zero-order chi connectivity index (χ0) is 27.5. The van der Waals surface area contributed by atoms with E-state index in [-0.39, 0.29) is 33.9 Å². The molecule has 2 aromatic carbocycles. The summed E-state index contributed by atoms with van der Waals surface area (Å²) in [5.41, 5.74) is 0.334. The van der Waals surface area contributed by atoms with E-state index < -0.39 is 63.7 Å². The van der Waals surface area contributed by atoms with Crippen molar-refractivity contribution in [2.24, 2.45) is 5.92 Å². The number of aliphatic hydroxyl groups excluding tert-OH is 2. The molecule has 10 nitrogen and oxygen atoms in total. The second-order valence-corrected chi connectivity index (χ2v) is 11.1. The minimum atomic E-state index is -2.70. The van der Waals surface area contributed by atoms with Crippen LogP contribution in [0.25, 0.3) is 5.76 Å². The van der Waals surface area contributed by atoms with Gasteiger partial charge in [0.25, 0.3) is 11.8 Å². The van der Waals surface area contributed by atoms with E-state index in [0.29, 0.717) is 9.79 Å². The highest BCUT2D eigenvalue weighted by Gasteiger charge is 2.60. The lowest BCUT2D eigenvalue weighted by atomic mass is 9.64. The Morgan fingerprint density at radius 3 is 2.37 bits per heavy atom. The van der Waals surface area contributed by atoms with Crippen molar-refractivity contribution in [3.63, 3.8) is 0 Å². The van der Waals surface area contributed by atoms with E-state index in [1.54, 1.807) is 12.1 Å². The minimum Gasteiger partial charge on any atom is -0.508 e. The van der Waals surface area contributed by atoms with E-state index in [9.17, 15) is 39.6 Å². The van der Waals surface area contributed by atoms with Crippen molar-refractivity contribution < 1.29 is 39.6 Å². The Hall–Kier alpha value is -3.45. The predicted molar refractivity (Wildman–Crippen MR) is 139 cm³/mol. The van der Waals surface area contributed by atoms with E-state index in [0.717, 1.165) is 11.8 Å². The highest BCUT2D eigenvalue weighted by atomic mass is 35.5. The number of hydrazine groups is 1. The van der Waals surface area contributed by atoms with Gasteiger partial charge in [-0.2, -0.15) is 0 Å². The first-order chi connectivity index (χ1) is 17.9. The van der Waals surface area contributed by atoms with Gasteiger partial charge in [-0.3, -0.25) is 30.0 Å². The van der Waals surface area contributed by atoms with Crippen LogP contribution >= 0.6 is 36.0 Å². The molecule has 1 fully saturated rings. The van der Waals surface area contributed by atoms with Crippen LogP contribution in [0.2, 0.25) is 5.02 Å². The highest BCUT2D eigenvalue weighted by molar-refractivity contribution is 8.00. The zero-order valence-electron chi connectivity index (χ0n) is 19.2. The average Bonchev–Trinajstić information content (AvgIpc) is 2.87. The van der Waals surface area contributed by atoms with Crippen molar-refractivity contribution in [3.05, 3.63) is 69.5 Å². The number of amides is 2. The molecule has 3 atom stereocenters. The molecule has 0 aromatic heterocycles. The van der Waals surface area contributed by atoms with Crippen LogP contribution in [0.15, 0.2) is 63.1 Å². The van der Waals surface area contributed by atoms with Gasteiger partial charge in [-0.1, -0.05) is 11.6 Å². The molecule has 3 unspecified atom stereocenters. The van der Waals surface area contributed by atoms with Crippen molar-refractivity contribution in [3.8, 4) is 5.75 Å². The Morgan fingerprint density at radius 1 is 1.03 bits per heavy atom. The maximum absolute atomic E-state index is 13.6. The number of rotatable bonds is 2. The molecule has 0 saturated heterocycles. The summed E-state index contributed by atoms with van der Waals surface area (Å²) in [6.45, 7) is 0. The van der Waals surface area contributed by atoms with Gasteiger partial charge in [0.15, 0.2) is 11.4 Å². The first-order valence-electron chi connectivity index (χ1n) is 11.2. The van der Waals surface area contributed by atoms with Crippen LogP contribution in [0.1, 0.15) is 28.8 Å². The molecule has 1 aliphatic heterocycles. The van der Waals surface area contributed by atoms with Gasteiger partial charge < -0.3 is 20.4 Å². The van der Waals surface area contributed by atoms with Gasteiger partial charge in [-0.15, -0.1) is 24.4 Å². The smallest absolute Gasteiger partial charge is 0.276 e. The fourth-order valence-electron chi connectivity index (χ4n) is 4.89. The molecular formula is C25H19ClN2O8S2. The molecule has 5 rings (SSSR count). The van der Waals surface area contributed by atoms with Crippen molar-refractivity contribution in [2.75, 3.05) is 0 Å². The van der Waals surface area contributed by atoms with Crippen LogP contribution in [0.4, 0.5) is 0 Å². The Labute approximate surface area is 229 Å². The monoisotopic (exact) mass is 574 g/mol. The van der Waals surface area contributed by atoms with Crippen LogP contribution in [0.3, 0.4) is 0 Å². The second-order valence-electron chi connectivity index (χ2n) is 8.97. The summed E-state index contributed by atoms with van der Waals surface area (Å²) in [5.74, 6) is -7.17. The molecule has 1 saturated carbocycles. The van der Waals surface area contributed by atoms with E-state index in [1.807, 2.05) is 5.43 Å². The normalized spacial score (nSPS) is 24.4. The Balaban J connectivity index is 1.48. The number of thiol groups is 1. The fraction of sp³-hybridized carbons (Fsp3) is 0.200. The highest BCUT2D eigenvalue weighted by Crippen LogP contribution is 2.55. The number of fused-ring (bicyclic) bond motifs is 3. The number of aromatic hydroxyl groups is 1. The first kappa shape index (κ1) is 26.2. The van der Waals surface area contributed by atoms with Crippen molar-refractivity contribution in [1.82, 2.24) is 10.9 Å². The summed E-state index contributed by atoms with van der Waals surface area (Å²) in [5, 5.41) is 43.1. The Kier molecular flexibility index (Phi) is 6.46. The summed E-state index contributed by atoms with van der Waals surface area (Å²) in [7, 11) is 0. The zero-order valence-corrected chi connectivity index (χ0v) is 21.7. The lowest BCUT2D eigenvalue weighted by Crippen LogP contribution is -2.59. The number of thioether (sulfide) groups is 1. The molecule has 2 amide bonds. The average molecular weight is 575 g/mol. The number of aliphatic hydroxyl groups is 3. The maximum Gasteiger partial charge on any atom is 0.276 e. The Morgan fingerprint density at radius 2 is 1.68 bits per heavy atom. The van der Waals surface area contributed by atoms with Crippen LogP contribution in [0, 0.1) is 5.92 Å². The number of carbonyl (C=O) groups excluding carboxylic acids is 4. The maximum atomic E-state index is 13.6. The van der Waals surface area contributed by atoms with Gasteiger partial charge in [-0.25, -0.2) is 0 Å². The summed E-state index contributed by atoms with van der Waals surface area (Å²) in [6.07, 6.45) is -0.488. The molecule has 6 N–H and O–H groups in total. The molecule has 1 heterocycles. The second kappa shape index (κ2) is 9.38. The topological polar surface area (TPSA) is 173 Å². The van der Waals surface area contributed by atoms with Crippen LogP contribution in [-0.4, -0.2) is 54.7 Å². The van der Waals surface area contributed by atoms with E-state index in [2.05, 4.69) is 18.1 Å². The van der Waals surface area contributed by atoms with Crippen LogP contribution in [0.5, 0.6) is 5.75 Å². The summed E-state index contributed by atoms with van der Waals surface area (Å²) >= 11 is 11.4. The summed E-state index contributed by atoms with van der Waals surface area (Å²) in [4.78, 5) is 52.5. The third-order valence-corrected chi connectivity index (χ3v) is 8.89. The number of halogens is 1. The first-order valence-corrected chi connectivity index (χ1v) is 12.9. The van der Waals surface area contributed by atoms with E-state index >= 15 is 0 Å². The van der Waals surface area contributed by atoms with Crippen molar-refractivity contribution in [1.29, 1.82) is 0 Å². The SMILES string of the molecule is O=C1CC2CC3Sc4c(Cl)ccc(O)c4C(O)=C3C(=O)C2(O)C(O)=C1C(=O)NNC(=O)c1ccc(S)cc1. The molecule has 196 valence electrons. The fourth-order valence-corrected chi connectivity index (χ4v) is 6.78. The summed E-state index contributed by atoms with van der Waals surface area (Å²) < 4.78 is 0. The lowest BCUT2D eigenvalue weighted by Gasteiger charge is -2.45. The number of ketones is 2. The molecular weight excluding hydrogens is 556 g/mol. The van der Waals surface area contributed by atoms with Gasteiger partial charge in [0.2, 0.25) is 5.78 Å². The number of nitrogens with one attached hydrogen (secondary N) is 2. The third kappa shape index (κ3) is 3.95. The van der Waals surface area contributed by atoms with Crippen LogP contribution < -0.4 is 10.9 Å². The van der Waals surface area contributed by atoms with Gasteiger partial charge >= 0.3 is 0 Å². The number of hydrogen-bond acceptors (Lipinski definition) is 10. The van der Waals surface area contributed by atoms with Crippen molar-refractivity contribution in [2.45, 2.75) is 33.5 Å². The molecule has 13 heteroatoms. The largest absolute Gasteiger partial charge is 0.508 e. The van der Waals surface area contributed by atoms with Crippen molar-refractivity contribution >= 4 is 65.1 Å². The molecule has 2 aliphatic carbocycles. The number of Topliss-reactive ketones (excluding diaryl/α,β-unsaturated/α-hetero) is 2. The molecule has 0 spiro atoms. The standard InChI is InChI=1S/C25H19ClN2O8S2/c26-12-5-6-13(29)16-19(31)18-15(38-20(12)16)8-10-7-14(30)17(21(32)25(10,36)22(18)33)24(35)28-27-23(34)9-1-3-11(37)4-2-9/h1-6,10,15,29,31-32,36-37H,7-8H2,(H,27,34)(H,28,35). The van der Waals surface area contributed by atoms with Gasteiger partial charge in [0, 0.05) is 32.9 Å². The van der Waals surface area contributed by atoms with E-state index in [4.69, 9.17) is 11.6 Å². The van der Waals surface area contributed by atoms with Crippen LogP contribution in [-0.2, 0) is 14.4 Å². The minimum absolute atomic E-state index is 0.0275. The number of phenols is 1. The number of carbonyl (C=O) groups is 4. The third-order valence-electron chi connectivity index (χ3n) is 6.80.